The minimum Gasteiger partial charge on any atom is -0.326 e. The third-order valence-electron chi connectivity index (χ3n) is 3.35. The largest absolute Gasteiger partial charge is 0.416 e. The molecule has 2 atom stereocenters. The summed E-state index contributed by atoms with van der Waals surface area (Å²) in [5.74, 6) is -0.475. The van der Waals surface area contributed by atoms with E-state index in [0.29, 0.717) is 6.42 Å². The molecule has 2 rings (SSSR count). The minimum atomic E-state index is -4.44. The lowest BCUT2D eigenvalue weighted by Gasteiger charge is -2.16. The van der Waals surface area contributed by atoms with Crippen LogP contribution < -0.4 is 10.6 Å². The Hall–Kier alpha value is -1.08. The Morgan fingerprint density at radius 3 is 2.65 bits per heavy atom. The van der Waals surface area contributed by atoms with Gasteiger partial charge in [-0.3, -0.25) is 4.79 Å². The first kappa shape index (κ1) is 15.3. The quantitative estimate of drug-likeness (QED) is 0.858. The van der Waals surface area contributed by atoms with Crippen molar-refractivity contribution in [1.29, 1.82) is 0 Å². The average Bonchev–Trinajstić information content (AvgIpc) is 2.73. The highest BCUT2D eigenvalue weighted by Crippen LogP contribution is 2.33. The number of hydrogen-bond acceptors (Lipinski definition) is 2. The molecule has 1 fully saturated rings. The zero-order valence-corrected chi connectivity index (χ0v) is 12.3. The van der Waals surface area contributed by atoms with Gasteiger partial charge in [-0.2, -0.15) is 13.2 Å². The molecule has 0 aromatic heterocycles. The molecule has 7 heteroatoms. The minimum absolute atomic E-state index is 0.0317. The number of nitrogens with one attached hydrogen (secondary N) is 2. The zero-order chi connectivity index (χ0) is 14.9. The number of rotatable bonds is 2. The monoisotopic (exact) mass is 350 g/mol. The van der Waals surface area contributed by atoms with Crippen LogP contribution in [0.4, 0.5) is 18.9 Å². The lowest BCUT2D eigenvalue weighted by molar-refractivity contribution is -0.137. The van der Waals surface area contributed by atoms with E-state index in [4.69, 9.17) is 0 Å². The number of alkyl halides is 3. The molecule has 0 radical (unpaired) electrons. The number of carbonyl (C=O) groups is 1. The number of benzene rings is 1. The van der Waals surface area contributed by atoms with Crippen LogP contribution in [0.15, 0.2) is 22.7 Å². The van der Waals surface area contributed by atoms with Gasteiger partial charge in [-0.15, -0.1) is 0 Å². The van der Waals surface area contributed by atoms with Crippen LogP contribution in [0.3, 0.4) is 0 Å². The second-order valence-electron chi connectivity index (χ2n) is 4.85. The number of hydrogen-bond donors (Lipinski definition) is 2. The molecular weight excluding hydrogens is 337 g/mol. The van der Waals surface area contributed by atoms with E-state index in [9.17, 15) is 18.0 Å². The maximum atomic E-state index is 12.7. The summed E-state index contributed by atoms with van der Waals surface area (Å²) < 4.78 is 38.4. The Bertz CT molecular complexity index is 519. The molecular formula is C13H14BrF3N2O. The van der Waals surface area contributed by atoms with Gasteiger partial charge in [-0.1, -0.05) is 15.9 Å². The van der Waals surface area contributed by atoms with E-state index < -0.39 is 11.7 Å². The fraction of sp³-hybridized carbons (Fsp3) is 0.462. The number of carbonyl (C=O) groups excluding carboxylic acids is 1. The third kappa shape index (κ3) is 3.52. The second kappa shape index (κ2) is 5.73. The molecule has 0 bridgehead atoms. The summed E-state index contributed by atoms with van der Waals surface area (Å²) in [5, 5.41) is 5.69. The van der Waals surface area contributed by atoms with Crippen LogP contribution in [0.25, 0.3) is 0 Å². The molecule has 2 N–H and O–H groups in total. The lowest BCUT2D eigenvalue weighted by Crippen LogP contribution is -2.32. The first-order chi connectivity index (χ1) is 9.27. The van der Waals surface area contributed by atoms with E-state index in [1.807, 2.05) is 6.92 Å². The van der Waals surface area contributed by atoms with Crippen molar-refractivity contribution in [2.24, 2.45) is 5.92 Å². The summed E-state index contributed by atoms with van der Waals surface area (Å²) in [7, 11) is 0. The van der Waals surface area contributed by atoms with Crippen molar-refractivity contribution in [3.05, 3.63) is 28.2 Å². The predicted octanol–water partition coefficient (Wildman–Crippen LogP) is 3.40. The third-order valence-corrected chi connectivity index (χ3v) is 3.81. The van der Waals surface area contributed by atoms with E-state index >= 15 is 0 Å². The smallest absolute Gasteiger partial charge is 0.326 e. The van der Waals surface area contributed by atoms with Crippen LogP contribution in [-0.2, 0) is 11.0 Å². The van der Waals surface area contributed by atoms with Crippen molar-refractivity contribution in [3.8, 4) is 0 Å². The molecule has 1 aromatic rings. The van der Waals surface area contributed by atoms with Crippen LogP contribution in [0, 0.1) is 5.92 Å². The van der Waals surface area contributed by atoms with Gasteiger partial charge in [-0.05, 0) is 38.1 Å². The van der Waals surface area contributed by atoms with Crippen molar-refractivity contribution >= 4 is 27.5 Å². The van der Waals surface area contributed by atoms with Crippen LogP contribution in [0.1, 0.15) is 18.9 Å². The molecule has 0 saturated carbocycles. The Balaban J connectivity index is 2.17. The Morgan fingerprint density at radius 2 is 2.10 bits per heavy atom. The summed E-state index contributed by atoms with van der Waals surface area (Å²) in [6.45, 7) is 2.63. The first-order valence-electron chi connectivity index (χ1n) is 6.19. The zero-order valence-electron chi connectivity index (χ0n) is 10.7. The van der Waals surface area contributed by atoms with Crippen molar-refractivity contribution in [3.63, 3.8) is 0 Å². The Labute approximate surface area is 123 Å². The van der Waals surface area contributed by atoms with Crippen molar-refractivity contribution in [2.75, 3.05) is 11.9 Å². The van der Waals surface area contributed by atoms with Crippen molar-refractivity contribution < 1.29 is 18.0 Å². The van der Waals surface area contributed by atoms with Gasteiger partial charge in [0.25, 0.3) is 0 Å². The Kier molecular flexibility index (Phi) is 4.39. The standard InChI is InChI=1S/C13H14BrF3N2O/c1-7-11(2-3-18-7)12(20)19-10-5-8(13(15,16)17)4-9(14)6-10/h4-7,11,18H,2-3H2,1H3,(H,19,20). The van der Waals surface area contributed by atoms with Gasteiger partial charge in [0.1, 0.15) is 0 Å². The molecule has 1 aromatic carbocycles. The Morgan fingerprint density at radius 1 is 1.40 bits per heavy atom. The first-order valence-corrected chi connectivity index (χ1v) is 6.98. The maximum Gasteiger partial charge on any atom is 0.416 e. The van der Waals surface area contributed by atoms with Crippen molar-refractivity contribution in [2.45, 2.75) is 25.6 Å². The van der Waals surface area contributed by atoms with Gasteiger partial charge in [0.2, 0.25) is 5.91 Å². The predicted molar refractivity (Wildman–Crippen MR) is 73.3 cm³/mol. The van der Waals surface area contributed by atoms with Gasteiger partial charge >= 0.3 is 6.18 Å². The molecule has 2 unspecified atom stereocenters. The fourth-order valence-electron chi connectivity index (χ4n) is 2.28. The van der Waals surface area contributed by atoms with E-state index in [-0.39, 0.29) is 28.0 Å². The fourth-order valence-corrected chi connectivity index (χ4v) is 2.77. The van der Waals surface area contributed by atoms with Gasteiger partial charge in [0.15, 0.2) is 0 Å². The highest BCUT2D eigenvalue weighted by Gasteiger charge is 2.32. The lowest BCUT2D eigenvalue weighted by atomic mass is 10.0. The molecule has 1 amide bonds. The van der Waals surface area contributed by atoms with Gasteiger partial charge in [0, 0.05) is 16.2 Å². The molecule has 1 aliphatic rings. The highest BCUT2D eigenvalue weighted by molar-refractivity contribution is 9.10. The number of halogens is 4. The van der Waals surface area contributed by atoms with Gasteiger partial charge < -0.3 is 10.6 Å². The van der Waals surface area contributed by atoms with Gasteiger partial charge in [0.05, 0.1) is 11.5 Å². The topological polar surface area (TPSA) is 41.1 Å². The van der Waals surface area contributed by atoms with E-state index in [2.05, 4.69) is 26.6 Å². The molecule has 110 valence electrons. The van der Waals surface area contributed by atoms with Crippen LogP contribution in [-0.4, -0.2) is 18.5 Å². The second-order valence-corrected chi connectivity index (χ2v) is 5.77. The van der Waals surface area contributed by atoms with E-state index in [1.54, 1.807) is 0 Å². The van der Waals surface area contributed by atoms with E-state index in [0.717, 1.165) is 18.7 Å². The summed E-state index contributed by atoms with van der Waals surface area (Å²) >= 11 is 3.03. The van der Waals surface area contributed by atoms with Gasteiger partial charge in [-0.25, -0.2) is 0 Å². The van der Waals surface area contributed by atoms with Crippen LogP contribution in [0.2, 0.25) is 0 Å². The van der Waals surface area contributed by atoms with Crippen LogP contribution >= 0.6 is 15.9 Å². The molecule has 3 nitrogen and oxygen atoms in total. The molecule has 20 heavy (non-hydrogen) atoms. The maximum absolute atomic E-state index is 12.7. The molecule has 1 heterocycles. The number of anilines is 1. The summed E-state index contributed by atoms with van der Waals surface area (Å²) in [5.41, 5.74) is -0.643. The average molecular weight is 351 g/mol. The van der Waals surface area contributed by atoms with Crippen LogP contribution in [0.5, 0.6) is 0 Å². The van der Waals surface area contributed by atoms with E-state index in [1.165, 1.54) is 6.07 Å². The number of amides is 1. The summed E-state index contributed by atoms with van der Waals surface area (Å²) in [6, 6.07) is 3.41. The SMILES string of the molecule is CC1NCCC1C(=O)Nc1cc(Br)cc(C(F)(F)F)c1. The summed E-state index contributed by atoms with van der Waals surface area (Å²) in [4.78, 5) is 12.0. The van der Waals surface area contributed by atoms with Crippen molar-refractivity contribution in [1.82, 2.24) is 5.32 Å². The molecule has 0 spiro atoms. The molecule has 1 saturated heterocycles. The molecule has 1 aliphatic heterocycles. The highest BCUT2D eigenvalue weighted by atomic mass is 79.9. The molecule has 0 aliphatic carbocycles. The normalized spacial score (nSPS) is 22.9. The summed E-state index contributed by atoms with van der Waals surface area (Å²) in [6.07, 6.45) is -3.75.